The molecule has 0 spiro atoms. The summed E-state index contributed by atoms with van der Waals surface area (Å²) in [6.07, 6.45) is 0. The molecule has 0 fully saturated rings. The number of ether oxygens (including phenoxy) is 1. The topological polar surface area (TPSA) is 21.3 Å². The van der Waals surface area contributed by atoms with Crippen molar-refractivity contribution in [3.8, 4) is 5.75 Å². The van der Waals surface area contributed by atoms with Gasteiger partial charge in [0.05, 0.1) is 6.61 Å². The van der Waals surface area contributed by atoms with Crippen LogP contribution in [-0.2, 0) is 6.54 Å². The summed E-state index contributed by atoms with van der Waals surface area (Å²) >= 11 is 0. The van der Waals surface area contributed by atoms with Gasteiger partial charge in [-0.25, -0.2) is 4.39 Å². The first-order valence-electron chi connectivity index (χ1n) is 6.93. The van der Waals surface area contributed by atoms with Crippen molar-refractivity contribution in [1.29, 1.82) is 0 Å². The smallest absolute Gasteiger partial charge is 0.124 e. The number of rotatable bonds is 3. The first kappa shape index (κ1) is 13.1. The Kier molecular flexibility index (Phi) is 3.70. The molecule has 3 rings (SSSR count). The Bertz CT molecular complexity index is 582. The summed E-state index contributed by atoms with van der Waals surface area (Å²) in [7, 11) is 0. The Balaban J connectivity index is 1.75. The lowest BCUT2D eigenvalue weighted by Gasteiger charge is -2.32. The van der Waals surface area contributed by atoms with Gasteiger partial charge >= 0.3 is 0 Å². The maximum Gasteiger partial charge on any atom is 0.124 e. The minimum Gasteiger partial charge on any atom is -0.493 e. The molecule has 1 heterocycles. The van der Waals surface area contributed by atoms with E-state index in [1.807, 2.05) is 30.3 Å². The Labute approximate surface area is 118 Å². The van der Waals surface area contributed by atoms with Crippen molar-refractivity contribution in [1.82, 2.24) is 5.32 Å². The summed E-state index contributed by atoms with van der Waals surface area (Å²) in [6.45, 7) is 3.62. The molecule has 3 heteroatoms. The highest BCUT2D eigenvalue weighted by atomic mass is 19.1. The van der Waals surface area contributed by atoms with E-state index < -0.39 is 0 Å². The highest BCUT2D eigenvalue weighted by Crippen LogP contribution is 2.35. The van der Waals surface area contributed by atoms with Crippen LogP contribution in [0.4, 0.5) is 4.39 Å². The third-order valence-corrected chi connectivity index (χ3v) is 3.76. The zero-order chi connectivity index (χ0) is 13.9. The maximum atomic E-state index is 12.9. The molecule has 0 aromatic heterocycles. The van der Waals surface area contributed by atoms with Crippen molar-refractivity contribution in [2.24, 2.45) is 5.92 Å². The number of hydrogen-bond donors (Lipinski definition) is 1. The molecule has 1 aliphatic rings. The number of benzene rings is 2. The van der Waals surface area contributed by atoms with Crippen LogP contribution in [0.1, 0.15) is 24.1 Å². The first-order valence-corrected chi connectivity index (χ1v) is 6.93. The molecular weight excluding hydrogens is 253 g/mol. The van der Waals surface area contributed by atoms with Crippen molar-refractivity contribution in [3.05, 3.63) is 65.5 Å². The molecule has 2 aromatic rings. The fraction of sp³-hybridized carbons (Fsp3) is 0.294. The Hall–Kier alpha value is -1.87. The second kappa shape index (κ2) is 5.63. The summed E-state index contributed by atoms with van der Waals surface area (Å²) in [5.74, 6) is 1.17. The fourth-order valence-electron chi connectivity index (χ4n) is 2.63. The summed E-state index contributed by atoms with van der Waals surface area (Å²) in [5, 5.41) is 3.56. The van der Waals surface area contributed by atoms with Gasteiger partial charge in [-0.15, -0.1) is 0 Å². The highest BCUT2D eigenvalue weighted by Gasteiger charge is 2.26. The molecular formula is C17H18FNO. The molecule has 1 N–H and O–H groups in total. The van der Waals surface area contributed by atoms with Crippen molar-refractivity contribution in [2.45, 2.75) is 19.5 Å². The molecule has 1 aliphatic heterocycles. The second-order valence-corrected chi connectivity index (χ2v) is 5.31. The van der Waals surface area contributed by atoms with E-state index in [9.17, 15) is 4.39 Å². The average Bonchev–Trinajstić information content (AvgIpc) is 2.48. The van der Waals surface area contributed by atoms with E-state index in [-0.39, 0.29) is 11.9 Å². The van der Waals surface area contributed by atoms with Gasteiger partial charge in [0.2, 0.25) is 0 Å². The molecule has 0 radical (unpaired) electrons. The van der Waals surface area contributed by atoms with Crippen LogP contribution in [0.25, 0.3) is 0 Å². The van der Waals surface area contributed by atoms with Crippen LogP contribution in [0.15, 0.2) is 48.5 Å². The molecule has 2 atom stereocenters. The van der Waals surface area contributed by atoms with E-state index >= 15 is 0 Å². The van der Waals surface area contributed by atoms with E-state index in [0.29, 0.717) is 5.92 Å². The number of nitrogens with one attached hydrogen (secondary N) is 1. The highest BCUT2D eigenvalue weighted by molar-refractivity contribution is 5.38. The van der Waals surface area contributed by atoms with Crippen LogP contribution < -0.4 is 10.1 Å². The number of fused-ring (bicyclic) bond motifs is 1. The molecule has 2 aromatic carbocycles. The van der Waals surface area contributed by atoms with Gasteiger partial charge in [0.15, 0.2) is 0 Å². The van der Waals surface area contributed by atoms with E-state index in [2.05, 4.69) is 18.3 Å². The molecule has 104 valence electrons. The maximum absolute atomic E-state index is 12.9. The van der Waals surface area contributed by atoms with Gasteiger partial charge in [-0.05, 0) is 23.8 Å². The van der Waals surface area contributed by atoms with Gasteiger partial charge in [-0.3, -0.25) is 0 Å². The molecule has 20 heavy (non-hydrogen) atoms. The zero-order valence-electron chi connectivity index (χ0n) is 11.5. The van der Waals surface area contributed by atoms with Crippen LogP contribution in [0.3, 0.4) is 0 Å². The number of hydrogen-bond acceptors (Lipinski definition) is 2. The van der Waals surface area contributed by atoms with E-state index in [4.69, 9.17) is 4.74 Å². The van der Waals surface area contributed by atoms with Crippen LogP contribution >= 0.6 is 0 Å². The Morgan fingerprint density at radius 1 is 1.15 bits per heavy atom. The molecule has 0 bridgehead atoms. The standard InChI is InChI=1S/C17H18FNO/c1-12-11-20-16-5-3-2-4-15(16)17(12)19-10-13-6-8-14(18)9-7-13/h2-9,12,17,19H,10-11H2,1H3. The minimum atomic E-state index is -0.196. The third kappa shape index (κ3) is 2.68. The molecule has 0 saturated heterocycles. The summed E-state index contributed by atoms with van der Waals surface area (Å²) in [6, 6.07) is 15.0. The van der Waals surface area contributed by atoms with Gasteiger partial charge in [-0.2, -0.15) is 0 Å². The van der Waals surface area contributed by atoms with Crippen molar-refractivity contribution in [2.75, 3.05) is 6.61 Å². The van der Waals surface area contributed by atoms with Crippen LogP contribution in [0, 0.1) is 11.7 Å². The predicted octanol–water partition coefficient (Wildman–Crippen LogP) is 3.69. The van der Waals surface area contributed by atoms with Crippen molar-refractivity contribution in [3.63, 3.8) is 0 Å². The van der Waals surface area contributed by atoms with Crippen molar-refractivity contribution < 1.29 is 9.13 Å². The second-order valence-electron chi connectivity index (χ2n) is 5.31. The normalized spacial score (nSPS) is 21.1. The lowest BCUT2D eigenvalue weighted by Crippen LogP contribution is -2.33. The monoisotopic (exact) mass is 271 g/mol. The largest absolute Gasteiger partial charge is 0.493 e. The SMILES string of the molecule is CC1COc2ccccc2C1NCc1ccc(F)cc1. The van der Waals surface area contributed by atoms with Crippen LogP contribution in [-0.4, -0.2) is 6.61 Å². The molecule has 2 nitrogen and oxygen atoms in total. The van der Waals surface area contributed by atoms with Gasteiger partial charge < -0.3 is 10.1 Å². The molecule has 0 saturated carbocycles. The average molecular weight is 271 g/mol. The first-order chi connectivity index (χ1) is 9.74. The minimum absolute atomic E-state index is 0.196. The predicted molar refractivity (Wildman–Crippen MR) is 77.1 cm³/mol. The molecule has 0 amide bonds. The number of para-hydroxylation sites is 1. The third-order valence-electron chi connectivity index (χ3n) is 3.76. The van der Waals surface area contributed by atoms with Gasteiger partial charge in [0.1, 0.15) is 11.6 Å². The van der Waals surface area contributed by atoms with E-state index in [0.717, 1.165) is 24.5 Å². The molecule has 2 unspecified atom stereocenters. The summed E-state index contributed by atoms with van der Waals surface area (Å²) in [4.78, 5) is 0. The quantitative estimate of drug-likeness (QED) is 0.919. The van der Waals surface area contributed by atoms with Crippen LogP contribution in [0.2, 0.25) is 0 Å². The summed E-state index contributed by atoms with van der Waals surface area (Å²) < 4.78 is 18.6. The Morgan fingerprint density at radius 3 is 2.70 bits per heavy atom. The fourth-order valence-corrected chi connectivity index (χ4v) is 2.63. The Morgan fingerprint density at radius 2 is 1.90 bits per heavy atom. The summed E-state index contributed by atoms with van der Waals surface area (Å²) in [5.41, 5.74) is 2.29. The lowest BCUT2D eigenvalue weighted by molar-refractivity contribution is 0.188. The van der Waals surface area contributed by atoms with Gasteiger partial charge in [-0.1, -0.05) is 37.3 Å². The van der Waals surface area contributed by atoms with Gasteiger partial charge in [0, 0.05) is 24.1 Å². The van der Waals surface area contributed by atoms with Crippen molar-refractivity contribution >= 4 is 0 Å². The lowest BCUT2D eigenvalue weighted by atomic mass is 9.92. The van der Waals surface area contributed by atoms with E-state index in [1.54, 1.807) is 0 Å². The zero-order valence-corrected chi connectivity index (χ0v) is 11.5. The van der Waals surface area contributed by atoms with Gasteiger partial charge in [0.25, 0.3) is 0 Å². The molecule has 0 aliphatic carbocycles. The van der Waals surface area contributed by atoms with E-state index in [1.165, 1.54) is 17.7 Å². The number of halogens is 1. The van der Waals surface area contributed by atoms with Crippen LogP contribution in [0.5, 0.6) is 5.75 Å².